The van der Waals surface area contributed by atoms with Crippen LogP contribution in [0.15, 0.2) is 0 Å². The number of carbonyl (C=O) groups excluding carboxylic acids is 1. The minimum absolute atomic E-state index is 0.288. The van der Waals surface area contributed by atoms with Gasteiger partial charge in [-0.25, -0.2) is 0 Å². The molecule has 1 unspecified atom stereocenters. The summed E-state index contributed by atoms with van der Waals surface area (Å²) in [5.74, 6) is -0.651. The zero-order valence-corrected chi connectivity index (χ0v) is 7.84. The zero-order chi connectivity index (χ0) is 11.4. The lowest BCUT2D eigenvalue weighted by atomic mass is 10.3. The Bertz CT molecular complexity index is 195. The van der Waals surface area contributed by atoms with Crippen LogP contribution < -0.4 is 0 Å². The summed E-state index contributed by atoms with van der Waals surface area (Å²) in [5.41, 5.74) is 0. The fourth-order valence-corrected chi connectivity index (χ4v) is 0.748. The summed E-state index contributed by atoms with van der Waals surface area (Å²) in [4.78, 5) is 11.7. The summed E-state index contributed by atoms with van der Waals surface area (Å²) in [6.07, 6.45) is -7.11. The molecule has 0 radical (unpaired) electrons. The van der Waals surface area contributed by atoms with Gasteiger partial charge in [-0.15, -0.1) is 0 Å². The van der Waals surface area contributed by atoms with E-state index in [0.717, 1.165) is 12.0 Å². The quantitative estimate of drug-likeness (QED) is 0.671. The van der Waals surface area contributed by atoms with E-state index in [4.69, 9.17) is 5.11 Å². The number of hydrogen-bond acceptors (Lipinski definition) is 4. The largest absolute Gasteiger partial charge is 0.468 e. The fraction of sp³-hybridized carbons (Fsp3) is 0.857. The van der Waals surface area contributed by atoms with Crippen molar-refractivity contribution in [3.05, 3.63) is 0 Å². The van der Waals surface area contributed by atoms with Gasteiger partial charge in [0.25, 0.3) is 0 Å². The van der Waals surface area contributed by atoms with Crippen molar-refractivity contribution in [1.82, 2.24) is 4.90 Å². The molecule has 0 aliphatic heterocycles. The lowest BCUT2D eigenvalue weighted by Gasteiger charge is -2.20. The highest BCUT2D eigenvalue weighted by molar-refractivity contribution is 5.71. The van der Waals surface area contributed by atoms with E-state index in [0.29, 0.717) is 0 Å². The van der Waals surface area contributed by atoms with Crippen LogP contribution in [0.1, 0.15) is 0 Å². The van der Waals surface area contributed by atoms with Crippen molar-refractivity contribution in [2.75, 3.05) is 27.2 Å². The first kappa shape index (κ1) is 13.2. The highest BCUT2D eigenvalue weighted by Gasteiger charge is 2.38. The molecule has 4 nitrogen and oxygen atoms in total. The Morgan fingerprint density at radius 1 is 1.57 bits per heavy atom. The number of aliphatic hydroxyl groups excluding tert-OH is 1. The highest BCUT2D eigenvalue weighted by atomic mass is 19.4. The predicted octanol–water partition coefficient (Wildman–Crippen LogP) is 0.0144. The summed E-state index contributed by atoms with van der Waals surface area (Å²) >= 11 is 0. The number of alkyl halides is 3. The van der Waals surface area contributed by atoms with E-state index in [1.165, 1.54) is 7.05 Å². The average molecular weight is 215 g/mol. The van der Waals surface area contributed by atoms with Gasteiger partial charge in [0.15, 0.2) is 6.10 Å². The number of rotatable bonds is 4. The minimum Gasteiger partial charge on any atom is -0.468 e. The van der Waals surface area contributed by atoms with E-state index in [1.807, 2.05) is 0 Å². The molecular weight excluding hydrogens is 203 g/mol. The first-order valence-electron chi connectivity index (χ1n) is 3.77. The molecule has 0 aromatic rings. The Labute approximate surface area is 79.3 Å². The summed E-state index contributed by atoms with van der Waals surface area (Å²) in [6.45, 7) is -0.942. The van der Waals surface area contributed by atoms with Crippen molar-refractivity contribution < 1.29 is 27.8 Å². The second-order valence-electron chi connectivity index (χ2n) is 2.83. The van der Waals surface area contributed by atoms with Gasteiger partial charge in [-0.05, 0) is 7.05 Å². The Balaban J connectivity index is 3.94. The van der Waals surface area contributed by atoms with E-state index < -0.39 is 24.8 Å². The van der Waals surface area contributed by atoms with Crippen LogP contribution in [0.2, 0.25) is 0 Å². The van der Waals surface area contributed by atoms with Crippen molar-refractivity contribution in [2.45, 2.75) is 12.3 Å². The van der Waals surface area contributed by atoms with Gasteiger partial charge in [-0.1, -0.05) is 0 Å². The van der Waals surface area contributed by atoms with E-state index in [2.05, 4.69) is 4.74 Å². The first-order chi connectivity index (χ1) is 6.27. The normalized spacial score (nSPS) is 14.2. The molecule has 0 aliphatic carbocycles. The van der Waals surface area contributed by atoms with Crippen LogP contribution in [0.25, 0.3) is 0 Å². The van der Waals surface area contributed by atoms with Crippen LogP contribution in [0, 0.1) is 0 Å². The molecule has 0 aliphatic rings. The molecule has 1 atom stereocenters. The summed E-state index contributed by atoms with van der Waals surface area (Å²) in [6, 6.07) is 0. The Morgan fingerprint density at radius 3 is 2.43 bits per heavy atom. The second kappa shape index (κ2) is 5.16. The smallest absolute Gasteiger partial charge is 0.415 e. The summed E-state index contributed by atoms with van der Waals surface area (Å²) in [5, 5.41) is 8.62. The molecule has 0 amide bonds. The molecular formula is C7H12F3NO3. The number of likely N-dealkylation sites (N-methyl/N-ethyl adjacent to an activating group) is 1. The molecule has 84 valence electrons. The van der Waals surface area contributed by atoms with Crippen molar-refractivity contribution in [3.8, 4) is 0 Å². The molecule has 0 saturated carbocycles. The molecule has 0 bridgehead atoms. The van der Waals surface area contributed by atoms with Crippen LogP contribution >= 0.6 is 0 Å². The second-order valence-corrected chi connectivity index (χ2v) is 2.83. The maximum Gasteiger partial charge on any atom is 0.415 e. The molecule has 0 saturated heterocycles. The number of halogens is 3. The summed E-state index contributed by atoms with van der Waals surface area (Å²) < 4.78 is 39.8. The molecule has 0 aromatic heterocycles. The molecule has 0 aromatic carbocycles. The minimum atomic E-state index is -4.66. The Hall–Kier alpha value is -0.820. The molecule has 1 N–H and O–H groups in total. The van der Waals surface area contributed by atoms with Crippen molar-refractivity contribution >= 4 is 5.97 Å². The van der Waals surface area contributed by atoms with E-state index in [9.17, 15) is 18.0 Å². The highest BCUT2D eigenvalue weighted by Crippen LogP contribution is 2.20. The monoisotopic (exact) mass is 215 g/mol. The molecule has 0 rings (SSSR count). The topological polar surface area (TPSA) is 49.8 Å². The van der Waals surface area contributed by atoms with Crippen LogP contribution in [-0.4, -0.2) is 55.5 Å². The third-order valence-corrected chi connectivity index (χ3v) is 1.49. The van der Waals surface area contributed by atoms with Gasteiger partial charge >= 0.3 is 12.1 Å². The molecule has 0 spiro atoms. The van der Waals surface area contributed by atoms with Gasteiger partial charge in [-0.2, -0.15) is 13.2 Å². The Kier molecular flexibility index (Phi) is 4.86. The predicted molar refractivity (Wildman–Crippen MR) is 41.6 cm³/mol. The average Bonchev–Trinajstić information content (AvgIpc) is 2.02. The number of carbonyl (C=O) groups is 1. The fourth-order valence-electron chi connectivity index (χ4n) is 0.748. The van der Waals surface area contributed by atoms with E-state index in [-0.39, 0.29) is 6.54 Å². The SMILES string of the molecule is COC(=O)CN(C)CC(O)C(F)(F)F. The number of methoxy groups -OCH3 is 1. The van der Waals surface area contributed by atoms with Gasteiger partial charge in [-0.3, -0.25) is 9.69 Å². The molecule has 0 fully saturated rings. The maximum absolute atomic E-state index is 11.8. The van der Waals surface area contributed by atoms with Gasteiger partial charge in [0, 0.05) is 6.54 Å². The first-order valence-corrected chi connectivity index (χ1v) is 3.77. The number of ether oxygens (including phenoxy) is 1. The maximum atomic E-state index is 11.8. The molecule has 14 heavy (non-hydrogen) atoms. The van der Waals surface area contributed by atoms with E-state index >= 15 is 0 Å². The Morgan fingerprint density at radius 2 is 2.07 bits per heavy atom. The van der Waals surface area contributed by atoms with Gasteiger partial charge < -0.3 is 9.84 Å². The van der Waals surface area contributed by atoms with Gasteiger partial charge in [0.2, 0.25) is 0 Å². The number of esters is 1. The van der Waals surface area contributed by atoms with Gasteiger partial charge in [0.05, 0.1) is 13.7 Å². The zero-order valence-electron chi connectivity index (χ0n) is 7.84. The third kappa shape index (κ3) is 5.03. The van der Waals surface area contributed by atoms with Crippen LogP contribution in [0.5, 0.6) is 0 Å². The lowest BCUT2D eigenvalue weighted by molar-refractivity contribution is -0.207. The summed E-state index contributed by atoms with van der Waals surface area (Å²) in [7, 11) is 2.42. The molecule has 7 heteroatoms. The molecule has 0 heterocycles. The standard InChI is InChI=1S/C7H12F3NO3/c1-11(4-6(13)14-2)3-5(12)7(8,9)10/h5,12H,3-4H2,1-2H3. The van der Waals surface area contributed by atoms with Crippen LogP contribution in [0.3, 0.4) is 0 Å². The number of hydrogen-bond donors (Lipinski definition) is 1. The van der Waals surface area contributed by atoms with Crippen molar-refractivity contribution in [1.29, 1.82) is 0 Å². The lowest BCUT2D eigenvalue weighted by Crippen LogP contribution is -2.41. The van der Waals surface area contributed by atoms with Crippen molar-refractivity contribution in [3.63, 3.8) is 0 Å². The van der Waals surface area contributed by atoms with Crippen LogP contribution in [0.4, 0.5) is 13.2 Å². The van der Waals surface area contributed by atoms with Gasteiger partial charge in [0.1, 0.15) is 0 Å². The number of aliphatic hydroxyl groups is 1. The third-order valence-electron chi connectivity index (χ3n) is 1.49. The number of nitrogens with zero attached hydrogens (tertiary/aromatic N) is 1. The van der Waals surface area contributed by atoms with E-state index in [1.54, 1.807) is 0 Å². The van der Waals surface area contributed by atoms with Crippen LogP contribution in [-0.2, 0) is 9.53 Å². The van der Waals surface area contributed by atoms with Crippen molar-refractivity contribution in [2.24, 2.45) is 0 Å².